The number of fused-ring (bicyclic) bond motifs is 6. The molecule has 0 atom stereocenters. The van der Waals surface area contributed by atoms with Crippen molar-refractivity contribution in [1.29, 1.82) is 0 Å². The molecule has 0 N–H and O–H groups in total. The van der Waals surface area contributed by atoms with E-state index in [1.54, 1.807) is 0 Å². The van der Waals surface area contributed by atoms with Gasteiger partial charge in [-0.05, 0) is 106 Å². The van der Waals surface area contributed by atoms with Crippen molar-refractivity contribution in [3.05, 3.63) is 55.1 Å². The second-order valence-electron chi connectivity index (χ2n) is 11.0. The Morgan fingerprint density at radius 3 is 1.22 bits per heavy atom. The molecule has 0 aliphatic heterocycles. The van der Waals surface area contributed by atoms with Gasteiger partial charge in [0.2, 0.25) is 0 Å². The minimum absolute atomic E-state index is 0.0863. The van der Waals surface area contributed by atoms with Gasteiger partial charge in [0.25, 0.3) is 0 Å². The van der Waals surface area contributed by atoms with Crippen molar-refractivity contribution < 1.29 is 0 Å². The molecule has 0 saturated carbocycles. The van der Waals surface area contributed by atoms with Crippen LogP contribution in [0.3, 0.4) is 0 Å². The number of hydrogen-bond donors (Lipinski definition) is 0. The van der Waals surface area contributed by atoms with Crippen LogP contribution in [0.1, 0.15) is 52.7 Å². The maximum absolute atomic E-state index is 3.81. The summed E-state index contributed by atoms with van der Waals surface area (Å²) in [7, 11) is 0. The number of hydrogen-bond acceptors (Lipinski definition) is 2. The number of benzene rings is 4. The largest absolute Gasteiger partial charge is 0.128 e. The van der Waals surface area contributed by atoms with Crippen LogP contribution in [-0.4, -0.2) is 0 Å². The molecule has 0 radical (unpaired) electrons. The fourth-order valence-corrected chi connectivity index (χ4v) is 8.27. The van der Waals surface area contributed by atoms with Gasteiger partial charge < -0.3 is 0 Å². The van der Waals surface area contributed by atoms with Crippen molar-refractivity contribution in [2.75, 3.05) is 0 Å². The van der Waals surface area contributed by atoms with Crippen molar-refractivity contribution in [3.8, 4) is 0 Å². The quantitative estimate of drug-likeness (QED) is 0.156. The minimum Gasteiger partial charge on any atom is -0.128 e. The van der Waals surface area contributed by atoms with Crippen LogP contribution in [0, 0.1) is 0 Å². The van der Waals surface area contributed by atoms with Crippen molar-refractivity contribution in [1.82, 2.24) is 0 Å². The van der Waals surface area contributed by atoms with Gasteiger partial charge in [-0.15, -0.1) is 22.7 Å². The van der Waals surface area contributed by atoms with E-state index in [1.165, 1.54) is 71.2 Å². The van der Waals surface area contributed by atoms with Gasteiger partial charge in [0, 0.05) is 36.3 Å². The highest BCUT2D eigenvalue weighted by atomic mass is 79.9. The van der Waals surface area contributed by atoms with E-state index in [-0.39, 0.29) is 10.8 Å². The smallest absolute Gasteiger partial charge is 0.0711 e. The molecule has 0 fully saturated rings. The van der Waals surface area contributed by atoms with Gasteiger partial charge in [-0.25, -0.2) is 0 Å². The summed E-state index contributed by atoms with van der Waals surface area (Å²) >= 11 is 11.3. The lowest BCUT2D eigenvalue weighted by Crippen LogP contribution is -2.11. The zero-order valence-corrected chi connectivity index (χ0v) is 23.8. The summed E-state index contributed by atoms with van der Waals surface area (Å²) in [5.41, 5.74) is 2.97. The number of rotatable bonds is 0. The Balaban J connectivity index is 2.02. The Hall–Kier alpha value is -1.20. The van der Waals surface area contributed by atoms with Gasteiger partial charge in [-0.3, -0.25) is 0 Å². The second kappa shape index (κ2) is 6.69. The van der Waals surface area contributed by atoms with Gasteiger partial charge in [0.15, 0.2) is 0 Å². The molecule has 0 unspecified atom stereocenters. The van der Waals surface area contributed by atoms with E-state index in [0.717, 1.165) is 0 Å². The first-order chi connectivity index (χ1) is 14.9. The highest BCUT2D eigenvalue weighted by molar-refractivity contribution is 9.11. The molecule has 0 saturated heterocycles. The van der Waals surface area contributed by atoms with E-state index in [0.29, 0.717) is 0 Å². The molecule has 32 heavy (non-hydrogen) atoms. The summed E-state index contributed by atoms with van der Waals surface area (Å²) in [4.78, 5) is 0. The zero-order valence-electron chi connectivity index (χ0n) is 19.0. The average molecular weight is 584 g/mol. The molecule has 0 nitrogen and oxygen atoms in total. The molecule has 6 rings (SSSR count). The molecule has 4 aromatic carbocycles. The Bertz CT molecular complexity index is 1470. The van der Waals surface area contributed by atoms with Crippen LogP contribution in [-0.2, 0) is 10.8 Å². The highest BCUT2D eigenvalue weighted by Gasteiger charge is 2.25. The summed E-state index contributed by atoms with van der Waals surface area (Å²) in [5.74, 6) is 0. The molecule has 0 aliphatic carbocycles. The Kier molecular flexibility index (Phi) is 4.46. The molecule has 0 spiro atoms. The first-order valence-corrected chi connectivity index (χ1v) is 14.1. The molecule has 162 valence electrons. The predicted octanol–water partition coefficient (Wildman–Crippen LogP) is 11.1. The maximum atomic E-state index is 3.81. The Labute approximate surface area is 213 Å². The number of thiophene rings is 2. The van der Waals surface area contributed by atoms with Gasteiger partial charge in [0.1, 0.15) is 0 Å². The van der Waals surface area contributed by atoms with E-state index in [1.807, 2.05) is 22.7 Å². The predicted molar refractivity (Wildman–Crippen MR) is 154 cm³/mol. The molecule has 2 heterocycles. The molecule has 6 aromatic rings. The zero-order chi connectivity index (χ0) is 22.7. The monoisotopic (exact) mass is 582 g/mol. The van der Waals surface area contributed by atoms with Crippen LogP contribution in [0.4, 0.5) is 0 Å². The molecule has 0 aliphatic rings. The van der Waals surface area contributed by atoms with Crippen molar-refractivity contribution in [2.45, 2.75) is 52.4 Å². The van der Waals surface area contributed by atoms with Gasteiger partial charge in [-0.1, -0.05) is 41.5 Å². The topological polar surface area (TPSA) is 0 Å². The van der Waals surface area contributed by atoms with Crippen molar-refractivity contribution >= 4 is 107 Å². The third-order valence-corrected chi connectivity index (χ3v) is 10.1. The maximum Gasteiger partial charge on any atom is 0.0711 e. The molecule has 0 amide bonds. The summed E-state index contributed by atoms with van der Waals surface area (Å²) < 4.78 is 5.18. The average Bonchev–Trinajstić information content (AvgIpc) is 3.27. The van der Waals surface area contributed by atoms with Crippen LogP contribution in [0.2, 0.25) is 0 Å². The third-order valence-electron chi connectivity index (χ3n) is 6.73. The molecule has 0 bridgehead atoms. The Morgan fingerprint density at radius 1 is 0.500 bits per heavy atom. The van der Waals surface area contributed by atoms with E-state index in [4.69, 9.17) is 0 Å². The van der Waals surface area contributed by atoms with Crippen molar-refractivity contribution in [3.63, 3.8) is 0 Å². The van der Waals surface area contributed by atoms with E-state index < -0.39 is 0 Å². The first kappa shape index (κ1) is 21.3. The van der Waals surface area contributed by atoms with Crippen LogP contribution in [0.5, 0.6) is 0 Å². The van der Waals surface area contributed by atoms with E-state index in [2.05, 4.69) is 110 Å². The Morgan fingerprint density at radius 2 is 0.844 bits per heavy atom. The fourth-order valence-electron chi connectivity index (χ4n) is 4.99. The lowest BCUT2D eigenvalue weighted by atomic mass is 9.80. The number of halogens is 2. The van der Waals surface area contributed by atoms with Gasteiger partial charge >= 0.3 is 0 Å². The van der Waals surface area contributed by atoms with Gasteiger partial charge in [0.05, 0.1) is 7.57 Å². The minimum atomic E-state index is 0.0863. The van der Waals surface area contributed by atoms with Crippen LogP contribution >= 0.6 is 54.5 Å². The lowest BCUT2D eigenvalue weighted by Gasteiger charge is -2.24. The van der Waals surface area contributed by atoms with Crippen LogP contribution in [0.25, 0.3) is 52.5 Å². The molecular formula is C28H24Br2S2. The fraction of sp³-hybridized carbons (Fsp3) is 0.286. The molecule has 4 heteroatoms. The third kappa shape index (κ3) is 2.95. The second-order valence-corrected chi connectivity index (χ2v) is 15.8. The summed E-state index contributed by atoms with van der Waals surface area (Å²) in [6, 6.07) is 14.5. The summed E-state index contributed by atoms with van der Waals surface area (Å²) in [6.45, 7) is 13.9. The first-order valence-electron chi connectivity index (χ1n) is 10.9. The standard InChI is InChI=1S/C28H24Br2S2/c1-27(2,3)13-7-15-17-11-21(29)31-25(17)19-9-14(28(4,5)6)10-20-24(19)23(15)16(8-13)18-12-22(30)32-26(18)20/h7-12H,1-6H3. The van der Waals surface area contributed by atoms with Crippen LogP contribution in [0.15, 0.2) is 44.0 Å². The molecular weight excluding hydrogens is 560 g/mol. The summed E-state index contributed by atoms with van der Waals surface area (Å²) in [6.07, 6.45) is 0. The lowest BCUT2D eigenvalue weighted by molar-refractivity contribution is 0.591. The molecule has 2 aromatic heterocycles. The SMILES string of the molecule is CC(C)(C)c1cc2c3cc(Br)sc3c3cc(C(C)(C)C)cc4c5sc(Br)cc5c(c1)c2c34. The van der Waals surface area contributed by atoms with Gasteiger partial charge in [-0.2, -0.15) is 0 Å². The van der Waals surface area contributed by atoms with Crippen LogP contribution < -0.4 is 0 Å². The highest BCUT2D eigenvalue weighted by Crippen LogP contribution is 2.51. The summed E-state index contributed by atoms with van der Waals surface area (Å²) in [5, 5.41) is 11.1. The van der Waals surface area contributed by atoms with E-state index in [9.17, 15) is 0 Å². The van der Waals surface area contributed by atoms with Crippen molar-refractivity contribution in [2.24, 2.45) is 0 Å². The normalized spacial score (nSPS) is 13.6. The van der Waals surface area contributed by atoms with E-state index >= 15 is 0 Å².